The highest BCUT2D eigenvalue weighted by molar-refractivity contribution is 7.00. The molecular weight excluding hydrogens is 1100 g/mol. The van der Waals surface area contributed by atoms with E-state index in [0.717, 1.165) is 49.9 Å². The van der Waals surface area contributed by atoms with Crippen molar-refractivity contribution >= 4 is 101 Å². The number of aromatic nitrogens is 2. The smallest absolute Gasteiger partial charge is 0.252 e. The highest BCUT2D eigenvalue weighted by Crippen LogP contribution is 2.53. The van der Waals surface area contributed by atoms with Gasteiger partial charge < -0.3 is 18.9 Å². The van der Waals surface area contributed by atoms with Crippen LogP contribution in [0.4, 0.5) is 34.1 Å². The Morgan fingerprint density at radius 2 is 0.725 bits per heavy atom. The van der Waals surface area contributed by atoms with Gasteiger partial charge in [-0.2, -0.15) is 0 Å². The summed E-state index contributed by atoms with van der Waals surface area (Å²) >= 11 is 0. The second-order valence-electron chi connectivity index (χ2n) is 29.0. The Hall–Kier alpha value is -9.32. The van der Waals surface area contributed by atoms with Crippen molar-refractivity contribution in [3.63, 3.8) is 0 Å². The van der Waals surface area contributed by atoms with E-state index in [2.05, 4.69) is 326 Å². The van der Waals surface area contributed by atoms with Crippen LogP contribution >= 0.6 is 0 Å². The molecule has 0 radical (unpaired) electrons. The molecule has 0 bridgehead atoms. The van der Waals surface area contributed by atoms with Gasteiger partial charge in [-0.15, -0.1) is 0 Å². The molecule has 2 aromatic heterocycles. The van der Waals surface area contributed by atoms with Crippen LogP contribution in [0.1, 0.15) is 130 Å². The molecule has 0 atom stereocenters. The number of benzene rings is 11. The molecule has 0 unspecified atom stereocenters. The summed E-state index contributed by atoms with van der Waals surface area (Å²) in [5, 5.41) is 5.09. The van der Waals surface area contributed by atoms with Crippen molar-refractivity contribution in [1.82, 2.24) is 9.13 Å². The van der Waals surface area contributed by atoms with Gasteiger partial charge in [-0.25, -0.2) is 0 Å². The fourth-order valence-electron chi connectivity index (χ4n) is 15.1. The molecule has 450 valence electrons. The van der Waals surface area contributed by atoms with Gasteiger partial charge in [-0.05, 0) is 170 Å². The first-order valence-electron chi connectivity index (χ1n) is 33.5. The minimum Gasteiger partial charge on any atom is -0.310 e. The predicted octanol–water partition coefficient (Wildman–Crippen LogP) is 21.9. The average Bonchev–Trinajstić information content (AvgIpc) is 1.40. The first-order chi connectivity index (χ1) is 44.0. The second kappa shape index (κ2) is 22.3. The van der Waals surface area contributed by atoms with Crippen molar-refractivity contribution in [2.45, 2.75) is 131 Å². The summed E-state index contributed by atoms with van der Waals surface area (Å²) in [6, 6.07) is 89.3. The van der Waals surface area contributed by atoms with E-state index in [9.17, 15) is 0 Å². The minimum atomic E-state index is -0.236. The molecule has 2 aliphatic heterocycles. The molecule has 0 fully saturated rings. The fraction of sp³-hybridized carbons (Fsp3) is 0.233. The Morgan fingerprint density at radius 1 is 0.330 bits per heavy atom. The van der Waals surface area contributed by atoms with Crippen molar-refractivity contribution in [2.24, 2.45) is 0 Å². The van der Waals surface area contributed by atoms with Crippen molar-refractivity contribution < 1.29 is 0 Å². The molecule has 4 nitrogen and oxygen atoms in total. The number of hydrogen-bond donors (Lipinski definition) is 0. The van der Waals surface area contributed by atoms with E-state index in [0.29, 0.717) is 0 Å². The Morgan fingerprint density at radius 3 is 1.13 bits per heavy atom. The second-order valence-corrected chi connectivity index (χ2v) is 29.0. The molecule has 11 aromatic carbocycles. The first kappa shape index (κ1) is 58.1. The van der Waals surface area contributed by atoms with E-state index in [1.807, 2.05) is 0 Å². The Labute approximate surface area is 539 Å². The highest BCUT2D eigenvalue weighted by Gasteiger charge is 2.46. The van der Waals surface area contributed by atoms with E-state index >= 15 is 0 Å². The summed E-state index contributed by atoms with van der Waals surface area (Å²) in [4.78, 5) is 5.51. The average molecular weight is 1180 g/mol. The molecule has 0 saturated heterocycles. The number of para-hydroxylation sites is 4. The number of rotatable bonds is 12. The van der Waals surface area contributed by atoms with Gasteiger partial charge in [0.05, 0.1) is 33.4 Å². The standard InChI is InChI=1S/C86H83BN4/c1-12-14-28-58-34-26-38-65(56-30-18-16-19-31-56)82(58)90-77-54-63(88-73-40-24-22-36-67(73)69-50-60(84(3,4)5)42-48-75(69)88)44-46-71(77)87-72-47-45-64(89-74-41-25-23-37-68(74)70-51-61(85(6,7)8)43-49-76(70)89)55-78(72)91(80-53-62(86(9,10)11)52-79(90)81(80)87)83-59(29-15-13-2)35-27-39-66(83)57-32-20-17-21-33-57/h16-27,30-55H,12-15,28-29H2,1-11H3. The van der Waals surface area contributed by atoms with Gasteiger partial charge in [0.25, 0.3) is 6.71 Å². The molecule has 91 heavy (non-hydrogen) atoms. The van der Waals surface area contributed by atoms with Crippen molar-refractivity contribution in [3.05, 3.63) is 258 Å². The number of fused-ring (bicyclic) bond motifs is 10. The number of hydrogen-bond acceptors (Lipinski definition) is 2. The summed E-state index contributed by atoms with van der Waals surface area (Å²) in [6.45, 7) is 25.7. The largest absolute Gasteiger partial charge is 0.310 e. The van der Waals surface area contributed by atoms with Crippen LogP contribution in [0, 0.1) is 0 Å². The zero-order chi connectivity index (χ0) is 62.7. The Balaban J connectivity index is 1.09. The lowest BCUT2D eigenvalue weighted by molar-refractivity contribution is 0.590. The van der Waals surface area contributed by atoms with Gasteiger partial charge in [0.15, 0.2) is 0 Å². The predicted molar refractivity (Wildman–Crippen MR) is 393 cm³/mol. The van der Waals surface area contributed by atoms with Gasteiger partial charge >= 0.3 is 0 Å². The van der Waals surface area contributed by atoms with Crippen LogP contribution in [0.25, 0.3) is 77.2 Å². The Kier molecular flexibility index (Phi) is 14.2. The summed E-state index contributed by atoms with van der Waals surface area (Å²) in [5.41, 5.74) is 29.8. The third-order valence-corrected chi connectivity index (χ3v) is 20.0. The van der Waals surface area contributed by atoms with Crippen LogP contribution in [0.2, 0.25) is 0 Å². The number of aryl methyl sites for hydroxylation is 2. The maximum absolute atomic E-state index is 2.75. The van der Waals surface area contributed by atoms with Crippen LogP contribution < -0.4 is 26.2 Å². The van der Waals surface area contributed by atoms with E-state index in [4.69, 9.17) is 0 Å². The molecule has 4 heterocycles. The summed E-state index contributed by atoms with van der Waals surface area (Å²) in [6.07, 6.45) is 6.26. The summed E-state index contributed by atoms with van der Waals surface area (Å²) < 4.78 is 5.08. The Bertz CT molecular complexity index is 4680. The highest BCUT2D eigenvalue weighted by atomic mass is 15.2. The van der Waals surface area contributed by atoms with Crippen molar-refractivity contribution in [3.8, 4) is 33.6 Å². The zero-order valence-electron chi connectivity index (χ0n) is 55.0. The van der Waals surface area contributed by atoms with Gasteiger partial charge in [0.1, 0.15) is 0 Å². The lowest BCUT2D eigenvalue weighted by atomic mass is 9.33. The molecule has 13 aromatic rings. The molecule has 15 rings (SSSR count). The molecule has 5 heteroatoms. The quantitative estimate of drug-likeness (QED) is 0.113. The molecule has 0 aliphatic carbocycles. The van der Waals surface area contributed by atoms with E-state index in [1.165, 1.54) is 144 Å². The molecule has 0 spiro atoms. The van der Waals surface area contributed by atoms with Crippen LogP contribution in [0.15, 0.2) is 231 Å². The van der Waals surface area contributed by atoms with Crippen LogP contribution in [-0.2, 0) is 29.1 Å². The normalized spacial score (nSPS) is 13.2. The number of unbranched alkanes of at least 4 members (excludes halogenated alkanes) is 2. The maximum atomic E-state index is 2.75. The SMILES string of the molecule is CCCCc1cccc(-c2ccccc2)c1N1c2cc(-n3c4ccccc4c4cc(C(C)(C)C)ccc43)ccc2B2c3ccc(-n4c5ccccc5c5cc(C(C)(C)C)ccc54)cc3N(c3c(CCCC)cccc3-c3ccccc3)c3cc(C(C)(C)C)cc1c32. The summed E-state index contributed by atoms with van der Waals surface area (Å²) in [7, 11) is 0. The monoisotopic (exact) mass is 1180 g/mol. The van der Waals surface area contributed by atoms with Gasteiger partial charge in [-0.1, -0.05) is 247 Å². The third kappa shape index (κ3) is 9.72. The molecule has 0 N–H and O–H groups in total. The molecule has 2 aliphatic rings. The van der Waals surface area contributed by atoms with E-state index in [1.54, 1.807) is 0 Å². The minimum absolute atomic E-state index is 0.00354. The maximum Gasteiger partial charge on any atom is 0.252 e. The van der Waals surface area contributed by atoms with Gasteiger partial charge in [-0.3, -0.25) is 0 Å². The van der Waals surface area contributed by atoms with Crippen LogP contribution in [0.5, 0.6) is 0 Å². The molecule has 0 saturated carbocycles. The van der Waals surface area contributed by atoms with Crippen LogP contribution in [0.3, 0.4) is 0 Å². The first-order valence-corrected chi connectivity index (χ1v) is 33.5. The van der Waals surface area contributed by atoms with Crippen LogP contribution in [-0.4, -0.2) is 15.8 Å². The lowest BCUT2D eigenvalue weighted by Gasteiger charge is -2.46. The number of anilines is 6. The van der Waals surface area contributed by atoms with Gasteiger partial charge in [0, 0.05) is 66.8 Å². The van der Waals surface area contributed by atoms with E-state index in [-0.39, 0.29) is 23.0 Å². The fourth-order valence-corrected chi connectivity index (χ4v) is 15.1. The lowest BCUT2D eigenvalue weighted by Crippen LogP contribution is -2.61. The topological polar surface area (TPSA) is 16.3 Å². The summed E-state index contributed by atoms with van der Waals surface area (Å²) in [5.74, 6) is 0. The van der Waals surface area contributed by atoms with E-state index < -0.39 is 0 Å². The van der Waals surface area contributed by atoms with Gasteiger partial charge in [0.2, 0.25) is 0 Å². The third-order valence-electron chi connectivity index (χ3n) is 20.0. The molecule has 0 amide bonds. The van der Waals surface area contributed by atoms with Crippen molar-refractivity contribution in [1.29, 1.82) is 0 Å². The van der Waals surface area contributed by atoms with Crippen molar-refractivity contribution in [2.75, 3.05) is 9.80 Å². The zero-order valence-corrected chi connectivity index (χ0v) is 55.0. The molecular formula is C86H83BN4. The number of nitrogens with zero attached hydrogens (tertiary/aromatic N) is 4.